The molecular formula is C18H20ClN3O4. The van der Waals surface area contributed by atoms with Crippen molar-refractivity contribution in [3.63, 3.8) is 0 Å². The highest BCUT2D eigenvalue weighted by atomic mass is 35.5. The van der Waals surface area contributed by atoms with Gasteiger partial charge >= 0.3 is 6.03 Å². The quantitative estimate of drug-likeness (QED) is 0.768. The van der Waals surface area contributed by atoms with Crippen LogP contribution in [0.5, 0.6) is 5.75 Å². The summed E-state index contributed by atoms with van der Waals surface area (Å²) in [5.74, 6) is 0.377. The number of amides is 4. The van der Waals surface area contributed by atoms with Gasteiger partial charge in [0.05, 0.1) is 12.1 Å². The number of rotatable bonds is 5. The zero-order valence-corrected chi connectivity index (χ0v) is 15.2. The molecule has 1 saturated carbocycles. The Morgan fingerprint density at radius 2 is 2.00 bits per heavy atom. The van der Waals surface area contributed by atoms with Crippen LogP contribution in [-0.4, -0.2) is 35.4 Å². The van der Waals surface area contributed by atoms with Crippen molar-refractivity contribution in [2.45, 2.75) is 44.3 Å². The summed E-state index contributed by atoms with van der Waals surface area (Å²) in [4.78, 5) is 38.3. The number of carbonyl (C=O) groups is 3. The Morgan fingerprint density at radius 1 is 1.31 bits per heavy atom. The van der Waals surface area contributed by atoms with E-state index in [0.29, 0.717) is 30.3 Å². The van der Waals surface area contributed by atoms with Crippen LogP contribution in [0.3, 0.4) is 0 Å². The second-order valence-corrected chi connectivity index (χ2v) is 7.57. The highest BCUT2D eigenvalue weighted by Gasteiger charge is 2.55. The summed E-state index contributed by atoms with van der Waals surface area (Å²) in [6, 6.07) is 3.23. The number of halogens is 1. The highest BCUT2D eigenvalue weighted by Crippen LogP contribution is 2.44. The van der Waals surface area contributed by atoms with Gasteiger partial charge in [0, 0.05) is 19.5 Å². The van der Waals surface area contributed by atoms with Crippen LogP contribution in [0.25, 0.3) is 0 Å². The number of imide groups is 1. The second kappa shape index (κ2) is 6.16. The molecular weight excluding hydrogens is 358 g/mol. The molecule has 4 amide bonds. The van der Waals surface area contributed by atoms with Crippen LogP contribution in [0.1, 0.15) is 36.8 Å². The van der Waals surface area contributed by atoms with Crippen molar-refractivity contribution in [3.05, 3.63) is 28.3 Å². The highest BCUT2D eigenvalue weighted by molar-refractivity contribution is 6.32. The molecule has 1 aromatic rings. The van der Waals surface area contributed by atoms with E-state index in [1.54, 1.807) is 12.0 Å². The van der Waals surface area contributed by atoms with E-state index in [1.165, 1.54) is 0 Å². The van der Waals surface area contributed by atoms with E-state index in [2.05, 4.69) is 10.6 Å². The first-order valence-corrected chi connectivity index (χ1v) is 9.07. The fourth-order valence-corrected chi connectivity index (χ4v) is 4.21. The predicted molar refractivity (Wildman–Crippen MR) is 93.6 cm³/mol. The van der Waals surface area contributed by atoms with E-state index < -0.39 is 11.6 Å². The van der Waals surface area contributed by atoms with Gasteiger partial charge in [0.1, 0.15) is 11.3 Å². The molecule has 1 aromatic carbocycles. The van der Waals surface area contributed by atoms with E-state index >= 15 is 0 Å². The van der Waals surface area contributed by atoms with Crippen molar-refractivity contribution in [2.24, 2.45) is 5.92 Å². The Kier molecular flexibility index (Phi) is 4.06. The van der Waals surface area contributed by atoms with Crippen LogP contribution in [0.4, 0.5) is 4.79 Å². The Morgan fingerprint density at radius 3 is 2.58 bits per heavy atom. The van der Waals surface area contributed by atoms with Crippen LogP contribution >= 0.6 is 11.6 Å². The molecule has 0 aromatic heterocycles. The van der Waals surface area contributed by atoms with E-state index in [9.17, 15) is 14.4 Å². The first kappa shape index (κ1) is 17.1. The van der Waals surface area contributed by atoms with Crippen molar-refractivity contribution >= 4 is 29.4 Å². The number of carbonyl (C=O) groups excluding carboxylic acids is 3. The molecule has 0 spiro atoms. The zero-order chi connectivity index (χ0) is 18.5. The van der Waals surface area contributed by atoms with Gasteiger partial charge in [-0.2, -0.15) is 0 Å². The van der Waals surface area contributed by atoms with Gasteiger partial charge in [0.25, 0.3) is 5.91 Å². The summed E-state index contributed by atoms with van der Waals surface area (Å²) in [5.41, 5.74) is 1.10. The minimum Gasteiger partial charge on any atom is -0.495 e. The van der Waals surface area contributed by atoms with Gasteiger partial charge in [-0.05, 0) is 48.4 Å². The molecule has 0 radical (unpaired) electrons. The molecule has 138 valence electrons. The van der Waals surface area contributed by atoms with Gasteiger partial charge in [-0.25, -0.2) is 4.79 Å². The van der Waals surface area contributed by atoms with Gasteiger partial charge < -0.3 is 15.0 Å². The first-order valence-electron chi connectivity index (χ1n) is 8.69. The maximum atomic E-state index is 12.7. The van der Waals surface area contributed by atoms with Crippen molar-refractivity contribution in [2.75, 3.05) is 7.11 Å². The van der Waals surface area contributed by atoms with Gasteiger partial charge in [-0.1, -0.05) is 11.6 Å². The van der Waals surface area contributed by atoms with Crippen LogP contribution in [0, 0.1) is 5.92 Å². The maximum Gasteiger partial charge on any atom is 0.322 e. The lowest BCUT2D eigenvalue weighted by Gasteiger charge is -2.26. The summed E-state index contributed by atoms with van der Waals surface area (Å²) < 4.78 is 5.23. The molecule has 26 heavy (non-hydrogen) atoms. The fourth-order valence-electron chi connectivity index (χ4n) is 3.94. The van der Waals surface area contributed by atoms with Crippen molar-refractivity contribution in [3.8, 4) is 5.75 Å². The molecule has 7 nitrogen and oxygen atoms in total. The van der Waals surface area contributed by atoms with Crippen LogP contribution in [0.2, 0.25) is 5.02 Å². The van der Waals surface area contributed by atoms with E-state index in [4.69, 9.17) is 16.3 Å². The standard InChI is InChI=1S/C18H20ClN3O4/c1-26-14-7-11-9-22(8-10(11)6-13(14)19)15(23)4-5-18(12-2-3-12)16(24)20-17(25)21-18/h6-7,12H,2-5,8-9H2,1H3,(H2,20,21,24,25)/t18-/m0/s1. The number of nitrogens with one attached hydrogen (secondary N) is 2. The van der Waals surface area contributed by atoms with Gasteiger partial charge in [-0.15, -0.1) is 0 Å². The third kappa shape index (κ3) is 2.80. The van der Waals surface area contributed by atoms with Gasteiger partial charge in [0.15, 0.2) is 0 Å². The molecule has 4 rings (SSSR count). The number of ether oxygens (including phenoxy) is 1. The molecule has 2 N–H and O–H groups in total. The normalized spacial score (nSPS) is 24.3. The molecule has 0 bridgehead atoms. The number of fused-ring (bicyclic) bond motifs is 1. The number of methoxy groups -OCH3 is 1. The van der Waals surface area contributed by atoms with E-state index in [1.807, 2.05) is 12.1 Å². The lowest BCUT2D eigenvalue weighted by atomic mass is 9.88. The van der Waals surface area contributed by atoms with Gasteiger partial charge in [-0.3, -0.25) is 14.9 Å². The molecule has 0 unspecified atom stereocenters. The molecule has 2 aliphatic heterocycles. The first-order chi connectivity index (χ1) is 12.4. The Hall–Kier alpha value is -2.28. The molecule has 2 fully saturated rings. The molecule has 2 heterocycles. The summed E-state index contributed by atoms with van der Waals surface area (Å²) in [6.07, 6.45) is 2.33. The second-order valence-electron chi connectivity index (χ2n) is 7.16. The van der Waals surface area contributed by atoms with Crippen LogP contribution in [0.15, 0.2) is 12.1 Å². The third-order valence-electron chi connectivity index (χ3n) is 5.53. The minimum atomic E-state index is -0.925. The largest absolute Gasteiger partial charge is 0.495 e. The maximum absolute atomic E-state index is 12.7. The Labute approximate surface area is 156 Å². The van der Waals surface area contributed by atoms with E-state index in [-0.39, 0.29) is 24.2 Å². The van der Waals surface area contributed by atoms with Crippen molar-refractivity contribution < 1.29 is 19.1 Å². The molecule has 1 aliphatic carbocycles. The average molecular weight is 378 g/mol. The smallest absolute Gasteiger partial charge is 0.322 e. The summed E-state index contributed by atoms with van der Waals surface area (Å²) in [5, 5.41) is 5.60. The number of hydrogen-bond acceptors (Lipinski definition) is 4. The number of hydrogen-bond donors (Lipinski definition) is 2. The summed E-state index contributed by atoms with van der Waals surface area (Å²) in [7, 11) is 1.56. The molecule has 1 saturated heterocycles. The molecule has 8 heteroatoms. The van der Waals surface area contributed by atoms with Crippen molar-refractivity contribution in [1.82, 2.24) is 15.5 Å². The zero-order valence-electron chi connectivity index (χ0n) is 14.4. The lowest BCUT2D eigenvalue weighted by Crippen LogP contribution is -2.49. The number of benzene rings is 1. The SMILES string of the molecule is COc1cc2c(cc1Cl)CN(C(=O)CC[C@@]1(C3CC3)NC(=O)NC1=O)C2. The lowest BCUT2D eigenvalue weighted by molar-refractivity contribution is -0.133. The van der Waals surface area contributed by atoms with Crippen LogP contribution in [-0.2, 0) is 22.7 Å². The summed E-state index contributed by atoms with van der Waals surface area (Å²) in [6.45, 7) is 0.990. The van der Waals surface area contributed by atoms with Crippen LogP contribution < -0.4 is 15.4 Å². The van der Waals surface area contributed by atoms with Crippen molar-refractivity contribution in [1.29, 1.82) is 0 Å². The Balaban J connectivity index is 1.43. The predicted octanol–water partition coefficient (Wildman–Crippen LogP) is 1.96. The number of urea groups is 1. The fraction of sp³-hybridized carbons (Fsp3) is 0.500. The minimum absolute atomic E-state index is 0.0368. The average Bonchev–Trinajstić information content (AvgIpc) is 3.31. The van der Waals surface area contributed by atoms with Gasteiger partial charge in [0.2, 0.25) is 5.91 Å². The molecule has 1 atom stereocenters. The number of nitrogens with zero attached hydrogens (tertiary/aromatic N) is 1. The third-order valence-corrected chi connectivity index (χ3v) is 5.82. The summed E-state index contributed by atoms with van der Waals surface area (Å²) >= 11 is 6.16. The Bertz CT molecular complexity index is 808. The monoisotopic (exact) mass is 377 g/mol. The molecule has 3 aliphatic rings. The van der Waals surface area contributed by atoms with E-state index in [0.717, 1.165) is 24.0 Å². The topological polar surface area (TPSA) is 87.7 Å².